The maximum absolute atomic E-state index is 13.2. The molecular weight excluding hydrogens is 209 g/mol. The number of benzene rings is 1. The molecule has 0 aliphatic heterocycles. The maximum atomic E-state index is 13.2. The first-order chi connectivity index (χ1) is 7.65. The van der Waals surface area contributed by atoms with Gasteiger partial charge in [-0.3, -0.25) is 0 Å². The summed E-state index contributed by atoms with van der Waals surface area (Å²) >= 11 is 0. The highest BCUT2D eigenvalue weighted by Gasteiger charge is 2.03. The first-order valence-electron chi connectivity index (χ1n) is 4.67. The van der Waals surface area contributed by atoms with Crippen LogP contribution >= 0.6 is 0 Å². The summed E-state index contributed by atoms with van der Waals surface area (Å²) < 4.78 is 18.5. The number of nitrogens with zero attached hydrogens (tertiary/aromatic N) is 2. The highest BCUT2D eigenvalue weighted by Crippen LogP contribution is 2.21. The van der Waals surface area contributed by atoms with Crippen molar-refractivity contribution in [2.75, 3.05) is 5.73 Å². The average Bonchev–Trinajstić information content (AvgIpc) is 2.24. The van der Waals surface area contributed by atoms with E-state index in [2.05, 4.69) is 9.97 Å². The summed E-state index contributed by atoms with van der Waals surface area (Å²) in [5.74, 6) is 0.460. The Morgan fingerprint density at radius 3 is 2.81 bits per heavy atom. The summed E-state index contributed by atoms with van der Waals surface area (Å²) in [7, 11) is 0. The molecule has 0 saturated heterocycles. The van der Waals surface area contributed by atoms with Crippen molar-refractivity contribution in [3.63, 3.8) is 0 Å². The average molecular weight is 219 g/mol. The topological polar surface area (TPSA) is 61.0 Å². The quantitative estimate of drug-likeness (QED) is 0.841. The molecule has 0 radical (unpaired) electrons. The second-order valence-corrected chi connectivity index (χ2v) is 3.27. The van der Waals surface area contributed by atoms with Gasteiger partial charge in [-0.2, -0.15) is 4.98 Å². The lowest BCUT2D eigenvalue weighted by Crippen LogP contribution is -1.96. The van der Waals surface area contributed by atoms with E-state index in [9.17, 15) is 4.39 Å². The molecule has 0 amide bonds. The van der Waals surface area contributed by atoms with Gasteiger partial charge in [0.2, 0.25) is 11.8 Å². The molecule has 0 atom stereocenters. The fourth-order valence-corrected chi connectivity index (χ4v) is 1.17. The molecule has 5 heteroatoms. The van der Waals surface area contributed by atoms with Crippen LogP contribution in [0.15, 0.2) is 30.5 Å². The second-order valence-electron chi connectivity index (χ2n) is 3.27. The van der Waals surface area contributed by atoms with Crippen molar-refractivity contribution in [2.45, 2.75) is 6.92 Å². The molecule has 4 nitrogen and oxygen atoms in total. The lowest BCUT2D eigenvalue weighted by Gasteiger charge is -2.05. The molecule has 0 bridgehead atoms. The second kappa shape index (κ2) is 4.14. The summed E-state index contributed by atoms with van der Waals surface area (Å²) in [6.45, 7) is 1.68. The maximum Gasteiger partial charge on any atom is 0.224 e. The Kier molecular flexibility index (Phi) is 2.68. The van der Waals surface area contributed by atoms with Gasteiger partial charge in [0.25, 0.3) is 0 Å². The van der Waals surface area contributed by atoms with E-state index in [1.54, 1.807) is 25.1 Å². The summed E-state index contributed by atoms with van der Waals surface area (Å²) in [4.78, 5) is 7.57. The molecule has 2 rings (SSSR count). The fourth-order valence-electron chi connectivity index (χ4n) is 1.17. The first kappa shape index (κ1) is 10.4. The number of halogens is 1. The van der Waals surface area contributed by atoms with Crippen LogP contribution in [0.1, 0.15) is 5.56 Å². The van der Waals surface area contributed by atoms with Gasteiger partial charge in [0.1, 0.15) is 11.6 Å². The third-order valence-corrected chi connectivity index (χ3v) is 2.01. The standard InChI is InChI=1S/C11H10FN3O/c1-7-2-3-8(6-9(7)12)16-10-4-5-14-11(13)15-10/h2-6H,1H3,(H2,13,14,15). The van der Waals surface area contributed by atoms with E-state index in [-0.39, 0.29) is 17.6 Å². The zero-order valence-corrected chi connectivity index (χ0v) is 8.64. The van der Waals surface area contributed by atoms with E-state index in [1.807, 2.05) is 0 Å². The van der Waals surface area contributed by atoms with Crippen molar-refractivity contribution >= 4 is 5.95 Å². The molecule has 0 aliphatic carbocycles. The number of hydrogen-bond acceptors (Lipinski definition) is 4. The zero-order valence-electron chi connectivity index (χ0n) is 8.64. The van der Waals surface area contributed by atoms with Gasteiger partial charge < -0.3 is 10.5 Å². The van der Waals surface area contributed by atoms with Gasteiger partial charge in [0.05, 0.1) is 0 Å². The van der Waals surface area contributed by atoms with Gasteiger partial charge in [0.15, 0.2) is 0 Å². The minimum atomic E-state index is -0.320. The third kappa shape index (κ3) is 2.25. The predicted molar refractivity (Wildman–Crippen MR) is 57.7 cm³/mol. The van der Waals surface area contributed by atoms with Gasteiger partial charge in [-0.15, -0.1) is 0 Å². The SMILES string of the molecule is Cc1ccc(Oc2ccnc(N)n2)cc1F. The third-order valence-electron chi connectivity index (χ3n) is 2.01. The molecule has 0 unspecified atom stereocenters. The Morgan fingerprint density at radius 2 is 2.12 bits per heavy atom. The van der Waals surface area contributed by atoms with Crippen molar-refractivity contribution in [1.82, 2.24) is 9.97 Å². The number of aryl methyl sites for hydroxylation is 1. The molecule has 0 spiro atoms. The minimum Gasteiger partial charge on any atom is -0.439 e. The molecule has 0 fully saturated rings. The largest absolute Gasteiger partial charge is 0.439 e. The van der Waals surface area contributed by atoms with Gasteiger partial charge in [0, 0.05) is 18.3 Å². The molecule has 1 heterocycles. The van der Waals surface area contributed by atoms with Gasteiger partial charge >= 0.3 is 0 Å². The number of anilines is 1. The van der Waals surface area contributed by atoms with Crippen molar-refractivity contribution in [3.05, 3.63) is 41.8 Å². The Bertz CT molecular complexity index is 516. The van der Waals surface area contributed by atoms with E-state index >= 15 is 0 Å². The van der Waals surface area contributed by atoms with E-state index in [4.69, 9.17) is 10.5 Å². The lowest BCUT2D eigenvalue weighted by atomic mass is 10.2. The summed E-state index contributed by atoms with van der Waals surface area (Å²) in [6, 6.07) is 6.15. The van der Waals surface area contributed by atoms with E-state index in [1.165, 1.54) is 12.3 Å². The van der Waals surface area contributed by atoms with Crippen LogP contribution in [-0.2, 0) is 0 Å². The number of nitrogen functional groups attached to an aromatic ring is 1. The first-order valence-corrected chi connectivity index (χ1v) is 4.67. The van der Waals surface area contributed by atoms with Crippen LogP contribution in [0.25, 0.3) is 0 Å². The Balaban J connectivity index is 2.24. The van der Waals surface area contributed by atoms with E-state index in [0.29, 0.717) is 11.3 Å². The molecule has 16 heavy (non-hydrogen) atoms. The number of rotatable bonds is 2. The normalized spacial score (nSPS) is 10.1. The number of hydrogen-bond donors (Lipinski definition) is 1. The van der Waals surface area contributed by atoms with Crippen LogP contribution < -0.4 is 10.5 Å². The van der Waals surface area contributed by atoms with Crippen LogP contribution in [0.4, 0.5) is 10.3 Å². The van der Waals surface area contributed by atoms with Crippen molar-refractivity contribution in [2.24, 2.45) is 0 Å². The molecular formula is C11H10FN3O. The van der Waals surface area contributed by atoms with Crippen LogP contribution in [0.2, 0.25) is 0 Å². The highest BCUT2D eigenvalue weighted by molar-refractivity contribution is 5.32. The smallest absolute Gasteiger partial charge is 0.224 e. The molecule has 1 aromatic carbocycles. The van der Waals surface area contributed by atoms with Crippen LogP contribution in [-0.4, -0.2) is 9.97 Å². The monoisotopic (exact) mass is 219 g/mol. The Hall–Kier alpha value is -2.17. The molecule has 1 aromatic heterocycles. The van der Waals surface area contributed by atoms with Gasteiger partial charge in [-0.1, -0.05) is 6.07 Å². The number of ether oxygens (including phenoxy) is 1. The Morgan fingerprint density at radius 1 is 1.31 bits per heavy atom. The summed E-state index contributed by atoms with van der Waals surface area (Å²) in [5.41, 5.74) is 5.95. The van der Waals surface area contributed by atoms with Crippen LogP contribution in [0.5, 0.6) is 11.6 Å². The Labute approximate surface area is 91.9 Å². The van der Waals surface area contributed by atoms with Gasteiger partial charge in [-0.05, 0) is 18.6 Å². The molecule has 0 aliphatic rings. The fraction of sp³-hybridized carbons (Fsp3) is 0.0909. The van der Waals surface area contributed by atoms with Gasteiger partial charge in [-0.25, -0.2) is 9.37 Å². The lowest BCUT2D eigenvalue weighted by molar-refractivity contribution is 0.457. The zero-order chi connectivity index (χ0) is 11.5. The molecule has 82 valence electrons. The van der Waals surface area contributed by atoms with Crippen molar-refractivity contribution < 1.29 is 9.13 Å². The predicted octanol–water partition coefficient (Wildman–Crippen LogP) is 2.30. The molecule has 0 saturated carbocycles. The summed E-state index contributed by atoms with van der Waals surface area (Å²) in [5, 5.41) is 0. The number of aromatic nitrogens is 2. The van der Waals surface area contributed by atoms with Crippen molar-refractivity contribution in [1.29, 1.82) is 0 Å². The van der Waals surface area contributed by atoms with E-state index in [0.717, 1.165) is 0 Å². The van der Waals surface area contributed by atoms with Crippen LogP contribution in [0.3, 0.4) is 0 Å². The van der Waals surface area contributed by atoms with Crippen LogP contribution in [0, 0.1) is 12.7 Å². The van der Waals surface area contributed by atoms with Crippen molar-refractivity contribution in [3.8, 4) is 11.6 Å². The van der Waals surface area contributed by atoms with E-state index < -0.39 is 0 Å². The molecule has 2 aromatic rings. The number of nitrogens with two attached hydrogens (primary N) is 1. The highest BCUT2D eigenvalue weighted by atomic mass is 19.1. The molecule has 2 N–H and O–H groups in total. The summed E-state index contributed by atoms with van der Waals surface area (Å²) in [6.07, 6.45) is 1.47. The minimum absolute atomic E-state index is 0.116.